The Balaban J connectivity index is 1.72. The summed E-state index contributed by atoms with van der Waals surface area (Å²) in [5.74, 6) is 1.34. The van der Waals surface area contributed by atoms with Crippen LogP contribution in [0, 0.1) is 13.8 Å². The minimum atomic E-state index is -0.254. The molecular weight excluding hydrogens is 294 g/mol. The minimum absolute atomic E-state index is 0.254. The Labute approximate surface area is 134 Å². The van der Waals surface area contributed by atoms with Crippen LogP contribution in [0.2, 0.25) is 0 Å². The van der Waals surface area contributed by atoms with E-state index in [-0.39, 0.29) is 6.03 Å². The summed E-state index contributed by atoms with van der Waals surface area (Å²) in [7, 11) is 0. The number of fused-ring (bicyclic) bond motifs is 1. The summed E-state index contributed by atoms with van der Waals surface area (Å²) in [6.07, 6.45) is 0. The smallest absolute Gasteiger partial charge is 0.307 e. The molecule has 0 saturated heterocycles. The molecule has 3 rings (SSSR count). The maximum atomic E-state index is 12.2. The second-order valence-electron chi connectivity index (χ2n) is 5.16. The van der Waals surface area contributed by atoms with Crippen LogP contribution in [0.15, 0.2) is 52.4 Å². The highest BCUT2D eigenvalue weighted by atomic mass is 32.2. The summed E-state index contributed by atoms with van der Waals surface area (Å²) in [6.45, 7) is 3.96. The number of amides is 2. The number of aryl methyl sites for hydroxylation is 2. The lowest BCUT2D eigenvalue weighted by atomic mass is 10.1. The maximum Gasteiger partial charge on any atom is 0.324 e. The molecule has 1 aliphatic heterocycles. The first-order valence-electron chi connectivity index (χ1n) is 7.07. The van der Waals surface area contributed by atoms with Gasteiger partial charge in [-0.1, -0.05) is 30.3 Å². The summed E-state index contributed by atoms with van der Waals surface area (Å²) in [5, 5.41) is 5.75. The fourth-order valence-corrected chi connectivity index (χ4v) is 3.21. The van der Waals surface area contributed by atoms with Crippen LogP contribution in [0.25, 0.3) is 0 Å². The number of anilines is 1. The molecule has 0 bridgehead atoms. The van der Waals surface area contributed by atoms with Crippen molar-refractivity contribution in [3.8, 4) is 0 Å². The SMILES string of the molecule is Cc1cccc(C)c1NC(=O)NC1=Nc2ccccc2SC1. The van der Waals surface area contributed by atoms with Crippen LogP contribution < -0.4 is 10.6 Å². The molecule has 2 N–H and O–H groups in total. The van der Waals surface area contributed by atoms with Crippen LogP contribution >= 0.6 is 11.8 Å². The Morgan fingerprint density at radius 2 is 1.77 bits per heavy atom. The zero-order valence-corrected chi connectivity index (χ0v) is 13.3. The van der Waals surface area contributed by atoms with E-state index in [9.17, 15) is 4.79 Å². The fourth-order valence-electron chi connectivity index (χ4n) is 2.35. The standard InChI is InChI=1S/C17H17N3OS/c1-11-6-5-7-12(2)16(11)20-17(21)19-15-10-22-14-9-4-3-8-13(14)18-15/h3-9H,10H2,1-2H3,(H2,18,19,20,21). The van der Waals surface area contributed by atoms with E-state index in [1.807, 2.05) is 56.3 Å². The van der Waals surface area contributed by atoms with Crippen molar-refractivity contribution in [1.82, 2.24) is 5.32 Å². The van der Waals surface area contributed by atoms with E-state index in [4.69, 9.17) is 0 Å². The van der Waals surface area contributed by atoms with Gasteiger partial charge in [0, 0.05) is 10.6 Å². The Morgan fingerprint density at radius 3 is 2.55 bits per heavy atom. The highest BCUT2D eigenvalue weighted by Gasteiger charge is 2.15. The summed E-state index contributed by atoms with van der Waals surface area (Å²) < 4.78 is 0. The number of rotatable bonds is 1. The first-order chi connectivity index (χ1) is 10.6. The van der Waals surface area contributed by atoms with Gasteiger partial charge in [-0.25, -0.2) is 9.79 Å². The quantitative estimate of drug-likeness (QED) is 0.826. The third-order valence-corrected chi connectivity index (χ3v) is 4.54. The highest BCUT2D eigenvalue weighted by Crippen LogP contribution is 2.32. The molecule has 0 aliphatic carbocycles. The van der Waals surface area contributed by atoms with E-state index in [2.05, 4.69) is 15.6 Å². The molecule has 4 nitrogen and oxygen atoms in total. The molecule has 0 radical (unpaired) electrons. The number of thioether (sulfide) groups is 1. The van der Waals surface area contributed by atoms with E-state index < -0.39 is 0 Å². The lowest BCUT2D eigenvalue weighted by Gasteiger charge is -2.17. The van der Waals surface area contributed by atoms with Gasteiger partial charge in [0.05, 0.1) is 11.4 Å². The summed E-state index contributed by atoms with van der Waals surface area (Å²) in [4.78, 5) is 17.8. The number of nitrogens with one attached hydrogen (secondary N) is 2. The second kappa shape index (κ2) is 6.23. The van der Waals surface area contributed by atoms with Gasteiger partial charge in [-0.05, 0) is 37.1 Å². The molecule has 0 fully saturated rings. The largest absolute Gasteiger partial charge is 0.324 e. The summed E-state index contributed by atoms with van der Waals surface area (Å²) in [6, 6.07) is 13.6. The number of hydrogen-bond acceptors (Lipinski definition) is 3. The molecular formula is C17H17N3OS. The molecule has 0 saturated carbocycles. The Morgan fingerprint density at radius 1 is 1.05 bits per heavy atom. The molecule has 0 atom stereocenters. The summed E-state index contributed by atoms with van der Waals surface area (Å²) >= 11 is 1.68. The van der Waals surface area contributed by atoms with Crippen molar-refractivity contribution in [3.05, 3.63) is 53.6 Å². The zero-order chi connectivity index (χ0) is 15.5. The first kappa shape index (κ1) is 14.7. The van der Waals surface area contributed by atoms with E-state index in [0.29, 0.717) is 11.6 Å². The zero-order valence-electron chi connectivity index (χ0n) is 12.5. The third-order valence-electron chi connectivity index (χ3n) is 3.46. The fraction of sp³-hybridized carbons (Fsp3) is 0.176. The van der Waals surface area contributed by atoms with Gasteiger partial charge in [0.15, 0.2) is 0 Å². The summed E-state index contributed by atoms with van der Waals surface area (Å²) in [5.41, 5.74) is 3.84. The molecule has 2 aromatic carbocycles. The minimum Gasteiger partial charge on any atom is -0.307 e. The van der Waals surface area contributed by atoms with E-state index in [0.717, 1.165) is 27.4 Å². The van der Waals surface area contributed by atoms with Gasteiger partial charge in [-0.2, -0.15) is 0 Å². The Kier molecular flexibility index (Phi) is 4.15. The molecule has 2 amide bonds. The lowest BCUT2D eigenvalue weighted by Crippen LogP contribution is -2.36. The van der Waals surface area contributed by atoms with Crippen LogP contribution in [-0.4, -0.2) is 17.6 Å². The molecule has 1 aliphatic rings. The van der Waals surface area contributed by atoms with Crippen LogP contribution in [0.3, 0.4) is 0 Å². The van der Waals surface area contributed by atoms with Gasteiger partial charge in [0.25, 0.3) is 0 Å². The molecule has 1 heterocycles. The Bertz CT molecular complexity index is 735. The number of amidine groups is 1. The number of para-hydroxylation sites is 2. The van der Waals surface area contributed by atoms with Crippen molar-refractivity contribution >= 4 is 35.0 Å². The molecule has 22 heavy (non-hydrogen) atoms. The van der Waals surface area contributed by atoms with Crippen molar-refractivity contribution < 1.29 is 4.79 Å². The van der Waals surface area contributed by atoms with Gasteiger partial charge < -0.3 is 5.32 Å². The first-order valence-corrected chi connectivity index (χ1v) is 8.05. The normalized spacial score (nSPS) is 13.1. The van der Waals surface area contributed by atoms with Crippen LogP contribution in [0.4, 0.5) is 16.2 Å². The maximum absolute atomic E-state index is 12.2. The molecule has 5 heteroatoms. The van der Waals surface area contributed by atoms with E-state index in [1.54, 1.807) is 11.8 Å². The van der Waals surface area contributed by atoms with Crippen LogP contribution in [0.1, 0.15) is 11.1 Å². The third kappa shape index (κ3) is 3.14. The van der Waals surface area contributed by atoms with Gasteiger partial charge in [-0.15, -0.1) is 11.8 Å². The van der Waals surface area contributed by atoms with Gasteiger partial charge >= 0.3 is 6.03 Å². The number of aliphatic imine (C=N–C) groups is 1. The predicted octanol–water partition coefficient (Wildman–Crippen LogP) is 4.26. The lowest BCUT2D eigenvalue weighted by molar-refractivity contribution is 0.256. The Hall–Kier alpha value is -2.27. The van der Waals surface area contributed by atoms with Crippen molar-refractivity contribution in [2.24, 2.45) is 4.99 Å². The monoisotopic (exact) mass is 311 g/mol. The van der Waals surface area contributed by atoms with Gasteiger partial charge in [0.1, 0.15) is 5.84 Å². The predicted molar refractivity (Wildman–Crippen MR) is 92.3 cm³/mol. The van der Waals surface area contributed by atoms with Gasteiger partial charge in [-0.3, -0.25) is 5.32 Å². The molecule has 0 spiro atoms. The van der Waals surface area contributed by atoms with Crippen molar-refractivity contribution in [2.75, 3.05) is 11.1 Å². The van der Waals surface area contributed by atoms with E-state index >= 15 is 0 Å². The second-order valence-corrected chi connectivity index (χ2v) is 6.18. The molecule has 2 aromatic rings. The van der Waals surface area contributed by atoms with Crippen LogP contribution in [0.5, 0.6) is 0 Å². The average Bonchev–Trinajstić information content (AvgIpc) is 2.51. The number of carbonyl (C=O) groups is 1. The number of hydrogen-bond donors (Lipinski definition) is 2. The van der Waals surface area contributed by atoms with Crippen molar-refractivity contribution in [1.29, 1.82) is 0 Å². The molecule has 0 aromatic heterocycles. The topological polar surface area (TPSA) is 53.5 Å². The van der Waals surface area contributed by atoms with Gasteiger partial charge in [0.2, 0.25) is 0 Å². The molecule has 112 valence electrons. The number of benzene rings is 2. The average molecular weight is 311 g/mol. The number of nitrogens with zero attached hydrogens (tertiary/aromatic N) is 1. The number of urea groups is 1. The van der Waals surface area contributed by atoms with Crippen molar-refractivity contribution in [3.63, 3.8) is 0 Å². The molecule has 0 unspecified atom stereocenters. The van der Waals surface area contributed by atoms with E-state index in [1.165, 1.54) is 0 Å². The highest BCUT2D eigenvalue weighted by molar-refractivity contribution is 8.00. The number of carbonyl (C=O) groups excluding carboxylic acids is 1. The van der Waals surface area contributed by atoms with Crippen LogP contribution in [-0.2, 0) is 0 Å². The van der Waals surface area contributed by atoms with Crippen molar-refractivity contribution in [2.45, 2.75) is 18.7 Å².